The van der Waals surface area contributed by atoms with Gasteiger partial charge in [-0.3, -0.25) is 4.79 Å². The second kappa shape index (κ2) is 7.43. The average Bonchev–Trinajstić information content (AvgIpc) is 3.14. The van der Waals surface area contributed by atoms with Crippen LogP contribution in [-0.4, -0.2) is 70.3 Å². The lowest BCUT2D eigenvalue weighted by molar-refractivity contribution is -0.185. The molecule has 6 atom stereocenters. The number of aliphatic hydroxyl groups is 1. The van der Waals surface area contributed by atoms with E-state index in [2.05, 4.69) is 10.2 Å². The standard InChI is InChI=1S/C24H30N2O7/c1-4-12(2)18(21(28)29)25-22(30)32-15-6-5-13-11-16-24(31)8-7-14(27)20-23(24,9-10-26(16)3)17(13)19(15)33-20/h5-6,12,16,18,20,31H,4,7-11H2,1-3H3,(H,25,30)(H,28,29)/t12?,16-,18-,20?,23+,24-/m1/s1. The molecule has 1 aromatic rings. The SMILES string of the molecule is CCC(C)[C@@H](NC(=O)Oc1ccc2c3c1OC1C(=O)CC[C@@]4(O)[C@@H](C2)N(C)CC[C@]314)C(=O)O. The number of amides is 1. The Balaban J connectivity index is 1.53. The summed E-state index contributed by atoms with van der Waals surface area (Å²) in [5.41, 5.74) is -0.213. The van der Waals surface area contributed by atoms with Crippen molar-refractivity contribution in [2.24, 2.45) is 5.92 Å². The van der Waals surface area contributed by atoms with Gasteiger partial charge in [-0.1, -0.05) is 26.3 Å². The molecule has 0 aromatic heterocycles. The van der Waals surface area contributed by atoms with Gasteiger partial charge in [-0.2, -0.15) is 0 Å². The molecule has 2 fully saturated rings. The van der Waals surface area contributed by atoms with Crippen molar-refractivity contribution in [2.75, 3.05) is 13.6 Å². The first-order chi connectivity index (χ1) is 15.6. The first-order valence-corrected chi connectivity index (χ1v) is 11.6. The third kappa shape index (κ3) is 2.88. The Morgan fingerprint density at radius 2 is 2.12 bits per heavy atom. The highest BCUT2D eigenvalue weighted by molar-refractivity contribution is 5.90. The van der Waals surface area contributed by atoms with Crippen LogP contribution in [0, 0.1) is 5.92 Å². The summed E-state index contributed by atoms with van der Waals surface area (Å²) in [4.78, 5) is 39.4. The zero-order chi connectivity index (χ0) is 23.7. The lowest BCUT2D eigenvalue weighted by Crippen LogP contribution is -2.76. The second-order valence-electron chi connectivity index (χ2n) is 9.97. The number of likely N-dealkylation sites (N-methyl/N-ethyl adjacent to an activating group) is 1. The van der Waals surface area contributed by atoms with E-state index >= 15 is 0 Å². The molecule has 1 amide bonds. The zero-order valence-electron chi connectivity index (χ0n) is 19.1. The molecule has 4 aliphatic rings. The van der Waals surface area contributed by atoms with E-state index in [4.69, 9.17) is 9.47 Å². The molecule has 3 N–H and O–H groups in total. The number of benzene rings is 1. The van der Waals surface area contributed by atoms with Gasteiger partial charge in [0.2, 0.25) is 0 Å². The molecule has 0 radical (unpaired) electrons. The lowest BCUT2D eigenvalue weighted by Gasteiger charge is -2.61. The molecular formula is C24H30N2O7. The molecule has 9 nitrogen and oxygen atoms in total. The maximum absolute atomic E-state index is 13.0. The molecule has 2 bridgehead atoms. The summed E-state index contributed by atoms with van der Waals surface area (Å²) in [5.74, 6) is -1.01. The Morgan fingerprint density at radius 3 is 2.82 bits per heavy atom. The van der Waals surface area contributed by atoms with Crippen LogP contribution in [0.25, 0.3) is 0 Å². The van der Waals surface area contributed by atoms with E-state index in [9.17, 15) is 24.6 Å². The zero-order valence-corrected chi connectivity index (χ0v) is 19.1. The molecule has 1 saturated carbocycles. The van der Waals surface area contributed by atoms with Gasteiger partial charge in [0.15, 0.2) is 23.4 Å². The number of rotatable bonds is 5. The highest BCUT2D eigenvalue weighted by Gasteiger charge is 2.72. The monoisotopic (exact) mass is 458 g/mol. The number of carbonyl (C=O) groups is 3. The van der Waals surface area contributed by atoms with Gasteiger partial charge < -0.3 is 29.9 Å². The van der Waals surface area contributed by atoms with Crippen molar-refractivity contribution in [3.63, 3.8) is 0 Å². The van der Waals surface area contributed by atoms with E-state index in [1.165, 1.54) is 0 Å². The predicted octanol–water partition coefficient (Wildman–Crippen LogP) is 1.63. The first-order valence-electron chi connectivity index (χ1n) is 11.6. The van der Waals surface area contributed by atoms with Crippen LogP contribution in [0.15, 0.2) is 12.1 Å². The molecule has 5 rings (SSSR count). The number of ketones is 1. The number of nitrogens with zero attached hydrogens (tertiary/aromatic N) is 1. The Bertz CT molecular complexity index is 1040. The number of carboxylic acid groups (broad SMARTS) is 1. The normalized spacial score (nSPS) is 33.5. The predicted molar refractivity (Wildman–Crippen MR) is 117 cm³/mol. The Morgan fingerprint density at radius 1 is 1.36 bits per heavy atom. The van der Waals surface area contributed by atoms with E-state index in [0.717, 1.165) is 17.7 Å². The van der Waals surface area contributed by atoms with Gasteiger partial charge in [0.05, 0.1) is 11.0 Å². The molecule has 2 unspecified atom stereocenters. The largest absolute Gasteiger partial charge is 0.480 e. The second-order valence-corrected chi connectivity index (χ2v) is 9.97. The number of ether oxygens (including phenoxy) is 2. The molecule has 1 spiro atoms. The first kappa shape index (κ1) is 22.2. The third-order valence-corrected chi connectivity index (χ3v) is 8.47. The van der Waals surface area contributed by atoms with Crippen molar-refractivity contribution < 1.29 is 34.1 Å². The molecular weight excluding hydrogens is 428 g/mol. The summed E-state index contributed by atoms with van der Waals surface area (Å²) >= 11 is 0. The molecule has 178 valence electrons. The minimum atomic E-state index is -1.13. The minimum Gasteiger partial charge on any atom is -0.480 e. The van der Waals surface area contributed by atoms with Crippen molar-refractivity contribution in [1.82, 2.24) is 10.2 Å². The Kier molecular flexibility index (Phi) is 4.99. The number of likely N-dealkylation sites (tertiary alicyclic amines) is 1. The van der Waals surface area contributed by atoms with Crippen LogP contribution >= 0.6 is 0 Å². The summed E-state index contributed by atoms with van der Waals surface area (Å²) in [6.45, 7) is 4.31. The maximum atomic E-state index is 13.0. The molecule has 2 aliphatic heterocycles. The van der Waals surface area contributed by atoms with Crippen molar-refractivity contribution in [2.45, 2.75) is 75.2 Å². The number of piperidine rings is 1. The molecule has 1 aromatic carbocycles. The summed E-state index contributed by atoms with van der Waals surface area (Å²) in [6, 6.07) is 2.29. The van der Waals surface area contributed by atoms with Gasteiger partial charge in [-0.05, 0) is 50.4 Å². The van der Waals surface area contributed by atoms with Crippen LogP contribution in [0.3, 0.4) is 0 Å². The fourth-order valence-corrected chi connectivity index (χ4v) is 6.54. The molecule has 1 saturated heterocycles. The molecule has 33 heavy (non-hydrogen) atoms. The average molecular weight is 459 g/mol. The van der Waals surface area contributed by atoms with Gasteiger partial charge in [0.25, 0.3) is 0 Å². The summed E-state index contributed by atoms with van der Waals surface area (Å²) in [6.07, 6.45) is 0.656. The van der Waals surface area contributed by atoms with Gasteiger partial charge >= 0.3 is 12.1 Å². The minimum absolute atomic E-state index is 0.0508. The van der Waals surface area contributed by atoms with Crippen molar-refractivity contribution in [1.29, 1.82) is 0 Å². The summed E-state index contributed by atoms with van der Waals surface area (Å²) in [7, 11) is 2.00. The van der Waals surface area contributed by atoms with Crippen LogP contribution in [-0.2, 0) is 21.4 Å². The van der Waals surface area contributed by atoms with E-state index < -0.39 is 35.2 Å². The Hall–Kier alpha value is -2.65. The number of hydrogen-bond acceptors (Lipinski definition) is 7. The van der Waals surface area contributed by atoms with Crippen LogP contribution < -0.4 is 14.8 Å². The number of aliphatic carboxylic acids is 1. The van der Waals surface area contributed by atoms with Gasteiger partial charge in [-0.25, -0.2) is 9.59 Å². The van der Waals surface area contributed by atoms with Crippen molar-refractivity contribution in [3.8, 4) is 11.5 Å². The molecule has 9 heteroatoms. The molecule has 2 aliphatic carbocycles. The number of carbonyl (C=O) groups excluding carboxylic acids is 2. The number of Topliss-reactive ketones (excluding diaryl/α,β-unsaturated/α-hetero) is 1. The van der Waals surface area contributed by atoms with Gasteiger partial charge in [0.1, 0.15) is 6.04 Å². The number of nitrogens with one attached hydrogen (secondary N) is 1. The van der Waals surface area contributed by atoms with Gasteiger partial charge in [-0.15, -0.1) is 0 Å². The topological polar surface area (TPSA) is 125 Å². The highest BCUT2D eigenvalue weighted by Crippen LogP contribution is 2.64. The van der Waals surface area contributed by atoms with E-state index in [1.54, 1.807) is 13.0 Å². The van der Waals surface area contributed by atoms with Crippen LogP contribution in [0.1, 0.15) is 50.7 Å². The number of hydrogen-bond donors (Lipinski definition) is 3. The van der Waals surface area contributed by atoms with Crippen molar-refractivity contribution >= 4 is 17.8 Å². The lowest BCUT2D eigenvalue weighted by atomic mass is 9.49. The van der Waals surface area contributed by atoms with Crippen LogP contribution in [0.4, 0.5) is 4.79 Å². The summed E-state index contributed by atoms with van der Waals surface area (Å²) in [5, 5.41) is 23.9. The Labute approximate surface area is 192 Å². The fourth-order valence-electron chi connectivity index (χ4n) is 6.54. The van der Waals surface area contributed by atoms with E-state index in [-0.39, 0.29) is 29.9 Å². The fraction of sp³-hybridized carbons (Fsp3) is 0.625. The van der Waals surface area contributed by atoms with Gasteiger partial charge in [0, 0.05) is 18.0 Å². The van der Waals surface area contributed by atoms with E-state index in [1.807, 2.05) is 20.0 Å². The molecule has 2 heterocycles. The highest BCUT2D eigenvalue weighted by atomic mass is 16.6. The third-order valence-electron chi connectivity index (χ3n) is 8.47. The quantitative estimate of drug-likeness (QED) is 0.608. The number of carboxylic acids is 1. The maximum Gasteiger partial charge on any atom is 0.413 e. The van der Waals surface area contributed by atoms with E-state index in [0.29, 0.717) is 31.4 Å². The van der Waals surface area contributed by atoms with Crippen molar-refractivity contribution in [3.05, 3.63) is 23.3 Å². The van der Waals surface area contributed by atoms with Crippen LogP contribution in [0.5, 0.6) is 11.5 Å². The van der Waals surface area contributed by atoms with Crippen LogP contribution in [0.2, 0.25) is 0 Å². The summed E-state index contributed by atoms with van der Waals surface area (Å²) < 4.78 is 11.7. The smallest absolute Gasteiger partial charge is 0.413 e.